The maximum absolute atomic E-state index is 13.2. The van der Waals surface area contributed by atoms with E-state index < -0.39 is 9.84 Å². The summed E-state index contributed by atoms with van der Waals surface area (Å²) < 4.78 is 29.4. The van der Waals surface area contributed by atoms with E-state index in [1.54, 1.807) is 0 Å². The quantitative estimate of drug-likeness (QED) is 0.441. The lowest BCUT2D eigenvalue weighted by atomic mass is 10.2. The Bertz CT molecular complexity index is 1100. The molecule has 1 unspecified atom stereocenters. The Kier molecular flexibility index (Phi) is 6.37. The lowest BCUT2D eigenvalue weighted by Crippen LogP contribution is -2.43. The van der Waals surface area contributed by atoms with Gasteiger partial charge in [0.1, 0.15) is 10.9 Å². The van der Waals surface area contributed by atoms with Gasteiger partial charge in [-0.05, 0) is 25.3 Å². The lowest BCUT2D eigenvalue weighted by Gasteiger charge is -2.28. The van der Waals surface area contributed by atoms with Crippen LogP contribution in [0.15, 0.2) is 29.3 Å². The normalized spacial score (nSPS) is 23.4. The van der Waals surface area contributed by atoms with Crippen LogP contribution in [0.25, 0.3) is 10.9 Å². The number of nitrogens with zero attached hydrogens (tertiary/aromatic N) is 4. The van der Waals surface area contributed by atoms with Crippen molar-refractivity contribution >= 4 is 38.4 Å². The molecule has 0 radical (unpaired) electrons. The maximum atomic E-state index is 13.2. The summed E-state index contributed by atoms with van der Waals surface area (Å²) in [5.74, 6) is 1.30. The second kappa shape index (κ2) is 9.24. The van der Waals surface area contributed by atoms with Gasteiger partial charge in [0, 0.05) is 30.6 Å². The molecule has 1 saturated carbocycles. The van der Waals surface area contributed by atoms with Gasteiger partial charge in [0.05, 0.1) is 42.5 Å². The summed E-state index contributed by atoms with van der Waals surface area (Å²) in [5.41, 5.74) is 0.877. The minimum absolute atomic E-state index is 0.0111. The molecule has 1 atom stereocenters. The number of sulfone groups is 1. The van der Waals surface area contributed by atoms with Gasteiger partial charge in [-0.3, -0.25) is 9.69 Å². The van der Waals surface area contributed by atoms with Gasteiger partial charge in [-0.1, -0.05) is 30.0 Å². The Morgan fingerprint density at radius 1 is 1.12 bits per heavy atom. The topological polar surface area (TPSA) is 92.7 Å². The summed E-state index contributed by atoms with van der Waals surface area (Å²) in [6, 6.07) is 7.90. The predicted octanol–water partition coefficient (Wildman–Crippen LogP) is 1.73. The van der Waals surface area contributed by atoms with Crippen molar-refractivity contribution in [3.8, 4) is 0 Å². The fraction of sp³-hybridized carbons (Fsp3) is 0.591. The second-order valence-electron chi connectivity index (χ2n) is 8.73. The number of benzene rings is 1. The second-order valence-corrected chi connectivity index (χ2v) is 11.9. The molecule has 0 spiro atoms. The Balaban J connectivity index is 1.33. The van der Waals surface area contributed by atoms with Gasteiger partial charge in [-0.15, -0.1) is 0 Å². The van der Waals surface area contributed by atoms with Crippen molar-refractivity contribution in [3.05, 3.63) is 30.1 Å². The molecule has 5 rings (SSSR count). The molecule has 3 fully saturated rings. The average Bonchev–Trinajstić information content (AvgIpc) is 3.55. The van der Waals surface area contributed by atoms with E-state index in [4.69, 9.17) is 14.7 Å². The number of carbonyl (C=O) groups excluding carboxylic acids is 1. The number of hydrogen-bond acceptors (Lipinski definition) is 8. The van der Waals surface area contributed by atoms with Crippen LogP contribution in [-0.2, 0) is 25.9 Å². The first-order chi connectivity index (χ1) is 15.5. The molecule has 3 aliphatic rings. The van der Waals surface area contributed by atoms with E-state index in [-0.39, 0.29) is 35.2 Å². The number of aromatic nitrogens is 2. The van der Waals surface area contributed by atoms with Crippen molar-refractivity contribution in [1.29, 1.82) is 0 Å². The molecule has 0 bridgehead atoms. The van der Waals surface area contributed by atoms with Crippen LogP contribution >= 0.6 is 11.8 Å². The number of hydrogen-bond donors (Lipinski definition) is 0. The SMILES string of the molecule is O=C(CSc1nc(CN2CCOCC2)nc2ccccc12)N(C1CC1)C1CCS(=O)(=O)C1. The fourth-order valence-electron chi connectivity index (χ4n) is 4.49. The van der Waals surface area contributed by atoms with Gasteiger partial charge >= 0.3 is 0 Å². The predicted molar refractivity (Wildman–Crippen MR) is 123 cm³/mol. The molecular formula is C22H28N4O4S2. The Morgan fingerprint density at radius 2 is 1.91 bits per heavy atom. The molecule has 2 aliphatic heterocycles. The fourth-order valence-corrected chi connectivity index (χ4v) is 7.11. The molecule has 10 heteroatoms. The third kappa shape index (κ3) is 5.08. The molecule has 2 saturated heterocycles. The van der Waals surface area contributed by atoms with E-state index in [9.17, 15) is 13.2 Å². The highest BCUT2D eigenvalue weighted by molar-refractivity contribution is 8.00. The molecule has 1 aromatic carbocycles. The molecule has 1 amide bonds. The summed E-state index contributed by atoms with van der Waals surface area (Å²) >= 11 is 1.43. The number of morpholine rings is 1. The van der Waals surface area contributed by atoms with Gasteiger partial charge in [-0.25, -0.2) is 18.4 Å². The minimum atomic E-state index is -3.03. The van der Waals surface area contributed by atoms with Crippen LogP contribution in [0.5, 0.6) is 0 Å². The van der Waals surface area contributed by atoms with Crippen molar-refractivity contribution in [3.63, 3.8) is 0 Å². The van der Waals surface area contributed by atoms with Gasteiger partial charge in [-0.2, -0.15) is 0 Å². The van der Waals surface area contributed by atoms with Crippen molar-refractivity contribution in [2.24, 2.45) is 0 Å². The van der Waals surface area contributed by atoms with E-state index in [0.717, 1.165) is 60.9 Å². The zero-order valence-corrected chi connectivity index (χ0v) is 19.6. The van der Waals surface area contributed by atoms with E-state index in [0.29, 0.717) is 13.0 Å². The molecule has 3 heterocycles. The van der Waals surface area contributed by atoms with Gasteiger partial charge in [0.25, 0.3) is 0 Å². The Morgan fingerprint density at radius 3 is 2.62 bits per heavy atom. The number of fused-ring (bicyclic) bond motifs is 1. The number of rotatable bonds is 7. The third-order valence-corrected chi connectivity index (χ3v) is 8.97. The first-order valence-corrected chi connectivity index (χ1v) is 14.0. The summed E-state index contributed by atoms with van der Waals surface area (Å²) in [7, 11) is -3.03. The van der Waals surface area contributed by atoms with Crippen molar-refractivity contribution < 1.29 is 17.9 Å². The zero-order valence-electron chi connectivity index (χ0n) is 18.0. The van der Waals surface area contributed by atoms with Crippen molar-refractivity contribution in [1.82, 2.24) is 19.8 Å². The number of carbonyl (C=O) groups is 1. The van der Waals surface area contributed by atoms with E-state index in [1.165, 1.54) is 11.8 Å². The summed E-state index contributed by atoms with van der Waals surface area (Å²) in [4.78, 5) is 26.9. The molecule has 2 aromatic rings. The first kappa shape index (κ1) is 22.1. The maximum Gasteiger partial charge on any atom is 0.233 e. The van der Waals surface area contributed by atoms with E-state index >= 15 is 0 Å². The standard InChI is InChI=1S/C22H28N4O4S2/c27-21(26(16-5-6-16)17-7-12-32(28,29)15-17)14-31-22-18-3-1-2-4-19(18)23-20(24-22)13-25-8-10-30-11-9-25/h1-4,16-17H,5-15H2. The number of para-hydroxylation sites is 1. The molecule has 0 N–H and O–H groups in total. The zero-order chi connectivity index (χ0) is 22.1. The highest BCUT2D eigenvalue weighted by Crippen LogP contribution is 2.34. The molecule has 172 valence electrons. The number of ether oxygens (including phenoxy) is 1. The van der Waals surface area contributed by atoms with Gasteiger partial charge < -0.3 is 9.64 Å². The van der Waals surface area contributed by atoms with Crippen LogP contribution in [0.3, 0.4) is 0 Å². The highest BCUT2D eigenvalue weighted by atomic mass is 32.2. The van der Waals surface area contributed by atoms with Crippen LogP contribution in [0.2, 0.25) is 0 Å². The highest BCUT2D eigenvalue weighted by Gasteiger charge is 2.41. The van der Waals surface area contributed by atoms with Crippen LogP contribution in [0.1, 0.15) is 25.1 Å². The molecule has 1 aliphatic carbocycles. The summed E-state index contributed by atoms with van der Waals surface area (Å²) in [5, 5.41) is 1.75. The van der Waals surface area contributed by atoms with E-state index in [2.05, 4.69) is 4.90 Å². The van der Waals surface area contributed by atoms with Crippen LogP contribution < -0.4 is 0 Å². The summed E-state index contributed by atoms with van der Waals surface area (Å²) in [6.45, 7) is 3.81. The number of thioether (sulfide) groups is 1. The summed E-state index contributed by atoms with van der Waals surface area (Å²) in [6.07, 6.45) is 2.48. The van der Waals surface area contributed by atoms with Gasteiger partial charge in [0.15, 0.2) is 9.84 Å². The smallest absolute Gasteiger partial charge is 0.233 e. The van der Waals surface area contributed by atoms with Gasteiger partial charge in [0.2, 0.25) is 5.91 Å². The van der Waals surface area contributed by atoms with Crippen molar-refractivity contribution in [2.45, 2.75) is 42.9 Å². The largest absolute Gasteiger partial charge is 0.379 e. The number of amides is 1. The Hall–Kier alpha value is -1.75. The molecular weight excluding hydrogens is 448 g/mol. The van der Waals surface area contributed by atoms with Crippen LogP contribution in [-0.4, -0.2) is 89.7 Å². The van der Waals surface area contributed by atoms with Crippen LogP contribution in [0.4, 0.5) is 0 Å². The van der Waals surface area contributed by atoms with Crippen molar-refractivity contribution in [2.75, 3.05) is 43.6 Å². The van der Waals surface area contributed by atoms with Crippen LogP contribution in [0, 0.1) is 0 Å². The minimum Gasteiger partial charge on any atom is -0.379 e. The lowest BCUT2D eigenvalue weighted by molar-refractivity contribution is -0.130. The monoisotopic (exact) mass is 476 g/mol. The van der Waals surface area contributed by atoms with E-state index in [1.807, 2.05) is 29.2 Å². The molecule has 1 aromatic heterocycles. The molecule has 8 nitrogen and oxygen atoms in total. The molecule has 32 heavy (non-hydrogen) atoms. The Labute approximate surface area is 192 Å². The third-order valence-electron chi connectivity index (χ3n) is 6.25. The average molecular weight is 477 g/mol. The first-order valence-electron chi connectivity index (χ1n) is 11.2.